The van der Waals surface area contributed by atoms with Gasteiger partial charge in [0.2, 0.25) is 0 Å². The lowest BCUT2D eigenvalue weighted by atomic mass is 9.66. The average molecular weight is 211 g/mol. The summed E-state index contributed by atoms with van der Waals surface area (Å²) in [6, 6.07) is 0. The van der Waals surface area contributed by atoms with Gasteiger partial charge in [0.15, 0.2) is 0 Å². The summed E-state index contributed by atoms with van der Waals surface area (Å²) in [5.74, 6) is 1.69. The molecular weight excluding hydrogens is 182 g/mol. The monoisotopic (exact) mass is 211 g/mol. The van der Waals surface area contributed by atoms with Crippen molar-refractivity contribution in [3.63, 3.8) is 0 Å². The molecule has 0 spiro atoms. The van der Waals surface area contributed by atoms with Gasteiger partial charge in [-0.25, -0.2) is 0 Å². The van der Waals surface area contributed by atoms with E-state index >= 15 is 0 Å². The van der Waals surface area contributed by atoms with E-state index in [2.05, 4.69) is 53.4 Å². The zero-order valence-electron chi connectivity index (χ0n) is 11.7. The van der Waals surface area contributed by atoms with Crippen molar-refractivity contribution in [2.75, 3.05) is 19.6 Å². The SMILES string of the molecule is CCN1CC(C(C)(C)C)C(C(C)(C)C)C1. The summed E-state index contributed by atoms with van der Waals surface area (Å²) in [4.78, 5) is 2.62. The molecular formula is C14H29N. The fourth-order valence-corrected chi connectivity index (χ4v) is 2.90. The Kier molecular flexibility index (Phi) is 3.55. The molecule has 0 radical (unpaired) electrons. The average Bonchev–Trinajstić information content (AvgIpc) is 2.44. The Hall–Kier alpha value is -0.0400. The van der Waals surface area contributed by atoms with Crippen molar-refractivity contribution in [2.45, 2.75) is 48.5 Å². The second-order valence-electron chi connectivity index (χ2n) is 7.30. The topological polar surface area (TPSA) is 3.24 Å². The van der Waals surface area contributed by atoms with Gasteiger partial charge in [-0.1, -0.05) is 48.5 Å². The standard InChI is InChI=1S/C14H29N/c1-8-15-9-11(13(2,3)4)12(10-15)14(5,6)7/h11-12H,8-10H2,1-7H3. The predicted octanol–water partition coefficient (Wildman–Crippen LogP) is 3.65. The van der Waals surface area contributed by atoms with Crippen LogP contribution in [-0.2, 0) is 0 Å². The quantitative estimate of drug-likeness (QED) is 0.640. The molecule has 0 amide bonds. The van der Waals surface area contributed by atoms with Crippen molar-refractivity contribution in [1.82, 2.24) is 4.90 Å². The van der Waals surface area contributed by atoms with Crippen LogP contribution in [0.4, 0.5) is 0 Å². The van der Waals surface area contributed by atoms with E-state index in [-0.39, 0.29) is 0 Å². The predicted molar refractivity (Wildman–Crippen MR) is 68.0 cm³/mol. The molecule has 15 heavy (non-hydrogen) atoms. The van der Waals surface area contributed by atoms with Gasteiger partial charge in [0.1, 0.15) is 0 Å². The fourth-order valence-electron chi connectivity index (χ4n) is 2.90. The number of nitrogens with zero attached hydrogens (tertiary/aromatic N) is 1. The van der Waals surface area contributed by atoms with Crippen molar-refractivity contribution >= 4 is 0 Å². The molecule has 1 aliphatic heterocycles. The first-order valence-corrected chi connectivity index (χ1v) is 6.38. The molecule has 2 unspecified atom stereocenters. The van der Waals surface area contributed by atoms with Gasteiger partial charge < -0.3 is 4.90 Å². The van der Waals surface area contributed by atoms with Crippen LogP contribution in [0.5, 0.6) is 0 Å². The molecule has 1 saturated heterocycles. The molecule has 0 aromatic heterocycles. The third-order valence-electron chi connectivity index (χ3n) is 4.07. The first-order chi connectivity index (χ1) is 6.66. The molecule has 0 N–H and O–H groups in total. The van der Waals surface area contributed by atoms with E-state index < -0.39 is 0 Å². The van der Waals surface area contributed by atoms with Crippen LogP contribution in [0.15, 0.2) is 0 Å². The van der Waals surface area contributed by atoms with Crippen molar-refractivity contribution in [2.24, 2.45) is 22.7 Å². The number of likely N-dealkylation sites (tertiary alicyclic amines) is 1. The van der Waals surface area contributed by atoms with Crippen LogP contribution in [-0.4, -0.2) is 24.5 Å². The van der Waals surface area contributed by atoms with Crippen LogP contribution in [0.3, 0.4) is 0 Å². The molecule has 1 rings (SSSR count). The maximum absolute atomic E-state index is 2.62. The maximum atomic E-state index is 2.62. The summed E-state index contributed by atoms with van der Waals surface area (Å²) < 4.78 is 0. The van der Waals surface area contributed by atoms with Crippen molar-refractivity contribution < 1.29 is 0 Å². The van der Waals surface area contributed by atoms with Crippen LogP contribution in [0.1, 0.15) is 48.5 Å². The summed E-state index contributed by atoms with van der Waals surface area (Å²) >= 11 is 0. The Bertz CT molecular complexity index is 184. The van der Waals surface area contributed by atoms with Gasteiger partial charge in [0.05, 0.1) is 0 Å². The van der Waals surface area contributed by atoms with E-state index in [9.17, 15) is 0 Å². The van der Waals surface area contributed by atoms with Crippen LogP contribution in [0.25, 0.3) is 0 Å². The van der Waals surface area contributed by atoms with Crippen LogP contribution >= 0.6 is 0 Å². The third kappa shape index (κ3) is 2.96. The molecule has 0 aromatic rings. The minimum atomic E-state index is 0.446. The van der Waals surface area contributed by atoms with Crippen molar-refractivity contribution in [1.29, 1.82) is 0 Å². The summed E-state index contributed by atoms with van der Waals surface area (Å²) in [6.07, 6.45) is 0. The lowest BCUT2D eigenvalue weighted by Crippen LogP contribution is -2.34. The third-order valence-corrected chi connectivity index (χ3v) is 4.07. The van der Waals surface area contributed by atoms with E-state index in [1.807, 2.05) is 0 Å². The van der Waals surface area contributed by atoms with Crippen LogP contribution in [0, 0.1) is 22.7 Å². The zero-order chi connectivity index (χ0) is 11.9. The van der Waals surface area contributed by atoms with E-state index in [0.717, 1.165) is 11.8 Å². The molecule has 0 bridgehead atoms. The highest BCUT2D eigenvalue weighted by molar-refractivity contribution is 4.95. The Morgan fingerprint density at radius 2 is 1.20 bits per heavy atom. The molecule has 2 atom stereocenters. The van der Waals surface area contributed by atoms with Gasteiger partial charge in [-0.15, -0.1) is 0 Å². The second kappa shape index (κ2) is 4.08. The van der Waals surface area contributed by atoms with Gasteiger partial charge in [0.25, 0.3) is 0 Å². The lowest BCUT2D eigenvalue weighted by Gasteiger charge is -2.38. The van der Waals surface area contributed by atoms with E-state index in [1.54, 1.807) is 0 Å². The molecule has 1 aliphatic rings. The Morgan fingerprint density at radius 1 is 0.867 bits per heavy atom. The van der Waals surface area contributed by atoms with E-state index in [0.29, 0.717) is 10.8 Å². The van der Waals surface area contributed by atoms with Crippen molar-refractivity contribution in [3.8, 4) is 0 Å². The summed E-state index contributed by atoms with van der Waals surface area (Å²) in [7, 11) is 0. The van der Waals surface area contributed by atoms with Gasteiger partial charge in [-0.2, -0.15) is 0 Å². The van der Waals surface area contributed by atoms with Crippen LogP contribution in [0.2, 0.25) is 0 Å². The maximum Gasteiger partial charge on any atom is 0.00180 e. The summed E-state index contributed by atoms with van der Waals surface area (Å²) in [5.41, 5.74) is 0.893. The number of hydrogen-bond acceptors (Lipinski definition) is 1. The second-order valence-corrected chi connectivity index (χ2v) is 7.30. The Labute approximate surface area is 96.2 Å². The molecule has 1 heterocycles. The molecule has 90 valence electrons. The normalized spacial score (nSPS) is 29.8. The largest absolute Gasteiger partial charge is 0.303 e. The minimum absolute atomic E-state index is 0.446. The van der Waals surface area contributed by atoms with Gasteiger partial charge >= 0.3 is 0 Å². The Balaban J connectivity index is 2.84. The molecule has 0 aromatic carbocycles. The number of rotatable bonds is 1. The van der Waals surface area contributed by atoms with E-state index in [1.165, 1.54) is 19.6 Å². The summed E-state index contributed by atoms with van der Waals surface area (Å²) in [6.45, 7) is 20.5. The van der Waals surface area contributed by atoms with Gasteiger partial charge in [-0.3, -0.25) is 0 Å². The zero-order valence-corrected chi connectivity index (χ0v) is 11.7. The lowest BCUT2D eigenvalue weighted by molar-refractivity contribution is 0.115. The van der Waals surface area contributed by atoms with Crippen molar-refractivity contribution in [3.05, 3.63) is 0 Å². The molecule has 1 fully saturated rings. The molecule has 0 aliphatic carbocycles. The Morgan fingerprint density at radius 3 is 1.40 bits per heavy atom. The van der Waals surface area contributed by atoms with Gasteiger partial charge in [0, 0.05) is 13.1 Å². The number of hydrogen-bond donors (Lipinski definition) is 0. The molecule has 1 nitrogen and oxygen atoms in total. The first-order valence-electron chi connectivity index (χ1n) is 6.38. The summed E-state index contributed by atoms with van der Waals surface area (Å²) in [5, 5.41) is 0. The highest BCUT2D eigenvalue weighted by atomic mass is 15.2. The minimum Gasteiger partial charge on any atom is -0.303 e. The van der Waals surface area contributed by atoms with E-state index in [4.69, 9.17) is 0 Å². The highest BCUT2D eigenvalue weighted by Crippen LogP contribution is 2.45. The first kappa shape index (κ1) is 13.0. The smallest absolute Gasteiger partial charge is 0.00180 e. The van der Waals surface area contributed by atoms with Gasteiger partial charge in [-0.05, 0) is 29.2 Å². The van der Waals surface area contributed by atoms with Crippen LogP contribution < -0.4 is 0 Å². The fraction of sp³-hybridized carbons (Fsp3) is 1.00. The molecule has 1 heteroatoms. The highest BCUT2D eigenvalue weighted by Gasteiger charge is 2.44. The molecule has 0 saturated carbocycles.